The third-order valence-electron chi connectivity index (χ3n) is 5.30. The molecule has 1 aliphatic heterocycles. The second kappa shape index (κ2) is 10.2. The van der Waals surface area contributed by atoms with E-state index in [4.69, 9.17) is 19.0 Å². The van der Waals surface area contributed by atoms with Gasteiger partial charge in [0.2, 0.25) is 0 Å². The number of carbonyl (C=O) groups is 2. The van der Waals surface area contributed by atoms with Gasteiger partial charge in [0, 0.05) is 40.8 Å². The zero-order valence-electron chi connectivity index (χ0n) is 18.5. The maximum absolute atomic E-state index is 13.6. The van der Waals surface area contributed by atoms with Gasteiger partial charge in [0.05, 0.1) is 13.2 Å². The number of ether oxygens (including phenoxy) is 2. The zero-order valence-corrected chi connectivity index (χ0v) is 18.5. The summed E-state index contributed by atoms with van der Waals surface area (Å²) in [6.07, 6.45) is -1.10. The molecule has 0 spiro atoms. The Kier molecular flexibility index (Phi) is 6.89. The maximum atomic E-state index is 13.6. The van der Waals surface area contributed by atoms with Gasteiger partial charge < -0.3 is 24.3 Å². The molecule has 0 saturated carbocycles. The molecule has 0 atom stereocenters. The molecule has 4 rings (SSSR count). The van der Waals surface area contributed by atoms with E-state index < -0.39 is 6.09 Å². The number of hydrogen-bond acceptors (Lipinski definition) is 6. The molecule has 2 N–H and O–H groups in total. The Hall–Kier alpha value is -4.17. The average Bonchev–Trinajstić information content (AvgIpc) is 2.81. The normalized spacial score (nSPS) is 11.0. The van der Waals surface area contributed by atoms with E-state index in [2.05, 4.69) is 5.32 Å². The van der Waals surface area contributed by atoms with Crippen LogP contribution in [0.3, 0.4) is 0 Å². The van der Waals surface area contributed by atoms with Crippen molar-refractivity contribution in [1.82, 2.24) is 5.32 Å². The quantitative estimate of drug-likeness (QED) is 0.219. The largest absolute Gasteiger partial charge is 0.491 e. The van der Waals surface area contributed by atoms with Crippen molar-refractivity contribution in [3.63, 3.8) is 0 Å². The molecule has 0 radical (unpaired) electrons. The van der Waals surface area contributed by atoms with E-state index >= 15 is 0 Å². The van der Waals surface area contributed by atoms with Gasteiger partial charge in [0.25, 0.3) is 0 Å². The Labute approximate surface area is 195 Å². The second-order valence-electron chi connectivity index (χ2n) is 7.63. The molecule has 0 fully saturated rings. The molecular weight excluding hydrogens is 438 g/mol. The zero-order chi connectivity index (χ0) is 24.1. The molecule has 2 aromatic rings. The number of carboxylic acid groups (broad SMARTS) is 1. The summed E-state index contributed by atoms with van der Waals surface area (Å²) in [6.45, 7) is 2.82. The lowest BCUT2D eigenvalue weighted by atomic mass is 9.91. The molecular formula is C26H23NO7. The van der Waals surface area contributed by atoms with E-state index in [-0.39, 0.29) is 37.6 Å². The summed E-state index contributed by atoms with van der Waals surface area (Å²) in [7, 11) is 0. The number of rotatable bonds is 9. The summed E-state index contributed by atoms with van der Waals surface area (Å²) < 4.78 is 17.0. The Bertz CT molecular complexity index is 1380. The van der Waals surface area contributed by atoms with Crippen molar-refractivity contribution in [2.24, 2.45) is 0 Å². The molecule has 8 nitrogen and oxygen atoms in total. The highest BCUT2D eigenvalue weighted by atomic mass is 16.5. The first kappa shape index (κ1) is 23.0. The van der Waals surface area contributed by atoms with Crippen LogP contribution < -0.4 is 15.5 Å². The highest BCUT2D eigenvalue weighted by Gasteiger charge is 2.23. The lowest BCUT2D eigenvalue weighted by Gasteiger charge is -2.15. The first-order chi connectivity index (χ1) is 16.4. The van der Waals surface area contributed by atoms with Crippen molar-refractivity contribution in [3.8, 4) is 17.1 Å². The van der Waals surface area contributed by atoms with Gasteiger partial charge in [-0.2, -0.15) is 0 Å². The van der Waals surface area contributed by atoms with Crippen LogP contribution in [-0.4, -0.2) is 43.3 Å². The van der Waals surface area contributed by atoms with Crippen LogP contribution in [0, 0.1) is 6.92 Å². The predicted molar refractivity (Wildman–Crippen MR) is 126 cm³/mol. The topological polar surface area (TPSA) is 115 Å². The fourth-order valence-corrected chi connectivity index (χ4v) is 3.70. The van der Waals surface area contributed by atoms with Gasteiger partial charge in [0.1, 0.15) is 23.7 Å². The Morgan fingerprint density at radius 3 is 2.62 bits per heavy atom. The van der Waals surface area contributed by atoms with Crippen LogP contribution in [-0.2, 0) is 4.74 Å². The van der Waals surface area contributed by atoms with Gasteiger partial charge in [-0.3, -0.25) is 9.59 Å². The molecule has 0 bridgehead atoms. The van der Waals surface area contributed by atoms with Crippen molar-refractivity contribution in [3.05, 3.63) is 87.6 Å². The summed E-state index contributed by atoms with van der Waals surface area (Å²) in [6, 6.07) is 16.9. The molecule has 0 aromatic heterocycles. The van der Waals surface area contributed by atoms with Gasteiger partial charge in [-0.05, 0) is 36.8 Å². The summed E-state index contributed by atoms with van der Waals surface area (Å²) >= 11 is 0. The standard InChI is InChI=1S/C26H23NO7/c1-16-4-2-3-5-19(16)25(29)24-20-8-6-17(28)14-22(20)34-23-15-18(7-9-21(23)24)33-13-12-32-11-10-27-26(30)31/h2-9,14-15,27H,10-13H2,1H3,(H,30,31). The van der Waals surface area contributed by atoms with E-state index in [9.17, 15) is 14.4 Å². The van der Waals surface area contributed by atoms with Crippen molar-refractivity contribution >= 4 is 22.8 Å². The van der Waals surface area contributed by atoms with Crippen molar-refractivity contribution in [2.75, 3.05) is 26.4 Å². The fraction of sp³-hybridized carbons (Fsp3) is 0.192. The Morgan fingerprint density at radius 1 is 1.00 bits per heavy atom. The number of benzene rings is 3. The lowest BCUT2D eigenvalue weighted by Crippen LogP contribution is -2.25. The van der Waals surface area contributed by atoms with Gasteiger partial charge in [-0.15, -0.1) is 0 Å². The molecule has 174 valence electrons. The number of fused-ring (bicyclic) bond motifs is 2. The lowest BCUT2D eigenvalue weighted by molar-refractivity contribution is 0.101. The number of carbonyl (C=O) groups excluding carboxylic acids is 1. The van der Waals surface area contributed by atoms with Crippen LogP contribution in [0.15, 0.2) is 69.9 Å². The predicted octanol–water partition coefficient (Wildman–Crippen LogP) is 4.10. The number of hydrogen-bond donors (Lipinski definition) is 2. The summed E-state index contributed by atoms with van der Waals surface area (Å²) in [5.41, 5.74) is 2.67. The minimum atomic E-state index is -1.10. The first-order valence-corrected chi connectivity index (χ1v) is 10.7. The molecule has 1 aliphatic carbocycles. The van der Waals surface area contributed by atoms with Crippen molar-refractivity contribution < 1.29 is 28.6 Å². The third kappa shape index (κ3) is 5.07. The molecule has 1 heterocycles. The fourth-order valence-electron chi connectivity index (χ4n) is 3.70. The van der Waals surface area contributed by atoms with Crippen LogP contribution in [0.4, 0.5) is 4.79 Å². The molecule has 2 aromatic carbocycles. The highest BCUT2D eigenvalue weighted by Crippen LogP contribution is 2.36. The highest BCUT2D eigenvalue weighted by molar-refractivity contribution is 6.20. The van der Waals surface area contributed by atoms with E-state index in [0.29, 0.717) is 39.2 Å². The Morgan fingerprint density at radius 2 is 1.82 bits per heavy atom. The van der Waals surface area contributed by atoms with Crippen LogP contribution in [0.1, 0.15) is 21.5 Å². The van der Waals surface area contributed by atoms with E-state index in [1.165, 1.54) is 12.1 Å². The maximum Gasteiger partial charge on any atom is 0.404 e. The monoisotopic (exact) mass is 461 g/mol. The van der Waals surface area contributed by atoms with Crippen LogP contribution in [0.25, 0.3) is 22.3 Å². The minimum absolute atomic E-state index is 0.153. The third-order valence-corrected chi connectivity index (χ3v) is 5.30. The SMILES string of the molecule is Cc1ccccc1C(=O)c1c2ccc(=O)cc-2oc2cc(OCCOCCNC(=O)O)ccc12. The average molecular weight is 461 g/mol. The minimum Gasteiger partial charge on any atom is -0.491 e. The number of amides is 1. The van der Waals surface area contributed by atoms with Crippen molar-refractivity contribution in [2.45, 2.75) is 6.92 Å². The van der Waals surface area contributed by atoms with Gasteiger partial charge >= 0.3 is 6.09 Å². The summed E-state index contributed by atoms with van der Waals surface area (Å²) in [5.74, 6) is 0.679. The summed E-state index contributed by atoms with van der Waals surface area (Å²) in [5, 5.41) is 11.4. The van der Waals surface area contributed by atoms with E-state index in [1.807, 2.05) is 25.1 Å². The second-order valence-corrected chi connectivity index (χ2v) is 7.63. The van der Waals surface area contributed by atoms with Gasteiger partial charge in [-0.1, -0.05) is 24.3 Å². The van der Waals surface area contributed by atoms with E-state index in [1.54, 1.807) is 30.3 Å². The first-order valence-electron chi connectivity index (χ1n) is 10.7. The Balaban J connectivity index is 1.63. The molecule has 0 unspecified atom stereocenters. The van der Waals surface area contributed by atoms with Gasteiger partial charge in [0.15, 0.2) is 11.2 Å². The number of nitrogens with one attached hydrogen (secondary N) is 1. The van der Waals surface area contributed by atoms with Crippen LogP contribution >= 0.6 is 0 Å². The summed E-state index contributed by atoms with van der Waals surface area (Å²) in [4.78, 5) is 36.0. The number of aryl methyl sites for hydroxylation is 1. The van der Waals surface area contributed by atoms with Crippen LogP contribution in [0.5, 0.6) is 5.75 Å². The smallest absolute Gasteiger partial charge is 0.404 e. The van der Waals surface area contributed by atoms with E-state index in [0.717, 1.165) is 5.56 Å². The van der Waals surface area contributed by atoms with Crippen molar-refractivity contribution in [1.29, 1.82) is 0 Å². The molecule has 8 heteroatoms. The number of ketones is 1. The van der Waals surface area contributed by atoms with Crippen LogP contribution in [0.2, 0.25) is 0 Å². The molecule has 2 aliphatic rings. The molecule has 34 heavy (non-hydrogen) atoms. The van der Waals surface area contributed by atoms with Gasteiger partial charge in [-0.25, -0.2) is 4.79 Å². The molecule has 0 saturated heterocycles. The molecule has 1 amide bonds.